The first-order valence-electron chi connectivity index (χ1n) is 6.45. The van der Waals surface area contributed by atoms with Crippen molar-refractivity contribution in [1.29, 1.82) is 0 Å². The van der Waals surface area contributed by atoms with Crippen LogP contribution < -0.4 is 11.3 Å². The van der Waals surface area contributed by atoms with Gasteiger partial charge in [0.1, 0.15) is 0 Å². The van der Waals surface area contributed by atoms with E-state index in [-0.39, 0.29) is 5.91 Å². The zero-order chi connectivity index (χ0) is 15.4. The summed E-state index contributed by atoms with van der Waals surface area (Å²) < 4.78 is 0.731. The first-order chi connectivity index (χ1) is 10.0. The number of aromatic nitrogens is 1. The molecule has 3 N–H and O–H groups in total. The van der Waals surface area contributed by atoms with Crippen LogP contribution in [0.5, 0.6) is 0 Å². The van der Waals surface area contributed by atoms with Crippen LogP contribution in [0.3, 0.4) is 0 Å². The van der Waals surface area contributed by atoms with E-state index in [0.29, 0.717) is 17.9 Å². The number of benzene rings is 1. The normalized spacial score (nSPS) is 10.3. The molecule has 0 atom stereocenters. The van der Waals surface area contributed by atoms with Crippen molar-refractivity contribution < 1.29 is 4.79 Å². The summed E-state index contributed by atoms with van der Waals surface area (Å²) in [6.45, 7) is 2.56. The number of carbonyl (C=O) groups excluding carboxylic acids is 1. The van der Waals surface area contributed by atoms with Gasteiger partial charge in [-0.25, -0.2) is 10.8 Å². The number of hydrogen-bond donors (Lipinski definition) is 2. The molecular weight excluding hydrogens is 332 g/mol. The minimum Gasteiger partial charge on any atom is -0.337 e. The molecule has 0 saturated carbocycles. The Balaban J connectivity index is 2.24. The molecular formula is C15H17BrN4O. The number of anilines is 1. The molecule has 0 saturated heterocycles. The summed E-state index contributed by atoms with van der Waals surface area (Å²) in [5, 5.41) is 0. The van der Waals surface area contributed by atoms with Gasteiger partial charge in [0.05, 0.1) is 5.56 Å². The van der Waals surface area contributed by atoms with E-state index in [1.165, 1.54) is 0 Å². The number of pyridine rings is 1. The fourth-order valence-corrected chi connectivity index (χ4v) is 2.37. The summed E-state index contributed by atoms with van der Waals surface area (Å²) in [6.07, 6.45) is 1.59. The number of hydrazine groups is 1. The molecule has 6 heteroatoms. The predicted octanol–water partition coefficient (Wildman–Crippen LogP) is 2.71. The molecule has 0 fully saturated rings. The third-order valence-corrected chi connectivity index (χ3v) is 3.67. The van der Waals surface area contributed by atoms with Crippen LogP contribution in [0.25, 0.3) is 0 Å². The van der Waals surface area contributed by atoms with Crippen LogP contribution in [0.4, 0.5) is 5.82 Å². The first-order valence-corrected chi connectivity index (χ1v) is 7.24. The summed E-state index contributed by atoms with van der Waals surface area (Å²) >= 11 is 3.32. The number of nitrogens with zero attached hydrogens (tertiary/aromatic N) is 2. The Hall–Kier alpha value is -1.92. The zero-order valence-electron chi connectivity index (χ0n) is 11.9. The standard InChI is InChI=1S/C15H17BrN4O/c1-10-5-3-4-6-11(10)9-20(2)15(21)13-7-12(16)8-18-14(13)19-17/h3-8H,9,17H2,1-2H3,(H,18,19). The lowest BCUT2D eigenvalue weighted by Crippen LogP contribution is -2.28. The van der Waals surface area contributed by atoms with Gasteiger partial charge in [-0.3, -0.25) is 4.79 Å². The Morgan fingerprint density at radius 3 is 2.81 bits per heavy atom. The number of carbonyl (C=O) groups is 1. The van der Waals surface area contributed by atoms with Gasteiger partial charge in [-0.1, -0.05) is 24.3 Å². The monoisotopic (exact) mass is 348 g/mol. The predicted molar refractivity (Wildman–Crippen MR) is 86.7 cm³/mol. The minimum absolute atomic E-state index is 0.139. The van der Waals surface area contributed by atoms with E-state index in [4.69, 9.17) is 5.84 Å². The Labute approximate surface area is 132 Å². The van der Waals surface area contributed by atoms with Crippen LogP contribution in [-0.4, -0.2) is 22.8 Å². The van der Waals surface area contributed by atoms with E-state index in [9.17, 15) is 4.79 Å². The van der Waals surface area contributed by atoms with Crippen molar-refractivity contribution >= 4 is 27.7 Å². The number of nitrogens with one attached hydrogen (secondary N) is 1. The molecule has 0 bridgehead atoms. The van der Waals surface area contributed by atoms with E-state index in [1.54, 1.807) is 24.2 Å². The summed E-state index contributed by atoms with van der Waals surface area (Å²) in [4.78, 5) is 18.3. The number of rotatable bonds is 4. The van der Waals surface area contributed by atoms with Crippen molar-refractivity contribution in [2.45, 2.75) is 13.5 Å². The second-order valence-electron chi connectivity index (χ2n) is 4.78. The fourth-order valence-electron chi connectivity index (χ4n) is 2.04. The topological polar surface area (TPSA) is 71.2 Å². The molecule has 1 heterocycles. The van der Waals surface area contributed by atoms with Crippen LogP contribution in [-0.2, 0) is 6.54 Å². The van der Waals surface area contributed by atoms with Crippen molar-refractivity contribution in [3.05, 3.63) is 57.7 Å². The fraction of sp³-hybridized carbons (Fsp3) is 0.200. The molecule has 0 aliphatic heterocycles. The molecule has 2 rings (SSSR count). The van der Waals surface area contributed by atoms with Crippen molar-refractivity contribution in [3.8, 4) is 0 Å². The maximum Gasteiger partial charge on any atom is 0.257 e. The molecule has 0 aliphatic carbocycles. The van der Waals surface area contributed by atoms with E-state index >= 15 is 0 Å². The molecule has 1 aromatic carbocycles. The molecule has 0 spiro atoms. The molecule has 0 aliphatic rings. The van der Waals surface area contributed by atoms with Crippen molar-refractivity contribution in [2.24, 2.45) is 5.84 Å². The van der Waals surface area contributed by atoms with Crippen molar-refractivity contribution in [2.75, 3.05) is 12.5 Å². The van der Waals surface area contributed by atoms with Gasteiger partial charge in [0.25, 0.3) is 5.91 Å². The first kappa shape index (κ1) is 15.5. The second-order valence-corrected chi connectivity index (χ2v) is 5.70. The van der Waals surface area contributed by atoms with E-state index in [0.717, 1.165) is 15.6 Å². The lowest BCUT2D eigenvalue weighted by atomic mass is 10.1. The molecule has 0 radical (unpaired) electrons. The van der Waals surface area contributed by atoms with E-state index < -0.39 is 0 Å². The average Bonchev–Trinajstić information content (AvgIpc) is 2.48. The zero-order valence-corrected chi connectivity index (χ0v) is 13.5. The Morgan fingerprint density at radius 2 is 2.14 bits per heavy atom. The van der Waals surface area contributed by atoms with Crippen molar-refractivity contribution in [3.63, 3.8) is 0 Å². The number of halogens is 1. The Kier molecular flexibility index (Phi) is 4.93. The van der Waals surface area contributed by atoms with Crippen LogP contribution in [0.1, 0.15) is 21.5 Å². The van der Waals surface area contributed by atoms with Gasteiger partial charge in [-0.15, -0.1) is 0 Å². The van der Waals surface area contributed by atoms with Crippen LogP contribution in [0.15, 0.2) is 41.0 Å². The number of hydrogen-bond acceptors (Lipinski definition) is 4. The van der Waals surface area contributed by atoms with Gasteiger partial charge in [0, 0.05) is 24.3 Å². The minimum atomic E-state index is -0.139. The van der Waals surface area contributed by atoms with E-state index in [1.807, 2.05) is 31.2 Å². The van der Waals surface area contributed by atoms with Crippen LogP contribution >= 0.6 is 15.9 Å². The largest absolute Gasteiger partial charge is 0.337 e. The molecule has 1 amide bonds. The summed E-state index contributed by atoms with van der Waals surface area (Å²) in [5.41, 5.74) is 5.15. The van der Waals surface area contributed by atoms with Gasteiger partial charge < -0.3 is 10.3 Å². The highest BCUT2D eigenvalue weighted by atomic mass is 79.9. The molecule has 2 aromatic rings. The summed E-state index contributed by atoms with van der Waals surface area (Å²) in [5.74, 6) is 5.64. The Bertz CT molecular complexity index is 660. The third kappa shape index (κ3) is 3.59. The highest BCUT2D eigenvalue weighted by molar-refractivity contribution is 9.10. The van der Waals surface area contributed by atoms with Gasteiger partial charge in [0.2, 0.25) is 0 Å². The van der Waals surface area contributed by atoms with E-state index in [2.05, 4.69) is 26.3 Å². The highest BCUT2D eigenvalue weighted by Crippen LogP contribution is 2.20. The number of nitrogen functional groups attached to an aromatic ring is 1. The molecule has 21 heavy (non-hydrogen) atoms. The quantitative estimate of drug-likeness (QED) is 0.658. The van der Waals surface area contributed by atoms with Gasteiger partial charge in [-0.2, -0.15) is 0 Å². The van der Waals surface area contributed by atoms with Gasteiger partial charge in [0.15, 0.2) is 5.82 Å². The number of amides is 1. The lowest BCUT2D eigenvalue weighted by Gasteiger charge is -2.19. The summed E-state index contributed by atoms with van der Waals surface area (Å²) in [7, 11) is 1.76. The van der Waals surface area contributed by atoms with Crippen molar-refractivity contribution in [1.82, 2.24) is 9.88 Å². The van der Waals surface area contributed by atoms with Gasteiger partial charge >= 0.3 is 0 Å². The lowest BCUT2D eigenvalue weighted by molar-refractivity contribution is 0.0785. The van der Waals surface area contributed by atoms with Crippen LogP contribution in [0, 0.1) is 6.92 Å². The van der Waals surface area contributed by atoms with Gasteiger partial charge in [-0.05, 0) is 40.0 Å². The smallest absolute Gasteiger partial charge is 0.257 e. The van der Waals surface area contributed by atoms with Crippen LogP contribution in [0.2, 0.25) is 0 Å². The third-order valence-electron chi connectivity index (χ3n) is 3.24. The number of aryl methyl sites for hydroxylation is 1. The average molecular weight is 349 g/mol. The molecule has 110 valence electrons. The number of nitrogens with two attached hydrogens (primary N) is 1. The Morgan fingerprint density at radius 1 is 1.43 bits per heavy atom. The SMILES string of the molecule is Cc1ccccc1CN(C)C(=O)c1cc(Br)cnc1NN. The highest BCUT2D eigenvalue weighted by Gasteiger charge is 2.17. The molecule has 1 aromatic heterocycles. The second kappa shape index (κ2) is 6.69. The maximum absolute atomic E-state index is 12.6. The maximum atomic E-state index is 12.6. The summed E-state index contributed by atoms with van der Waals surface area (Å²) in [6, 6.07) is 9.70. The molecule has 0 unspecified atom stereocenters. The molecule has 5 nitrogen and oxygen atoms in total.